The molecule has 0 bridgehead atoms. The third kappa shape index (κ3) is 10.2. The van der Waals surface area contributed by atoms with Crippen LogP contribution in [-0.2, 0) is 13.1 Å². The average molecular weight is 753 g/mol. The molecule has 0 fully saturated rings. The summed E-state index contributed by atoms with van der Waals surface area (Å²) in [6, 6.07) is 27.6. The van der Waals surface area contributed by atoms with Crippen molar-refractivity contribution in [3.63, 3.8) is 0 Å². The van der Waals surface area contributed by atoms with Crippen LogP contribution in [-0.4, -0.2) is 60.9 Å². The van der Waals surface area contributed by atoms with E-state index >= 15 is 0 Å². The van der Waals surface area contributed by atoms with Gasteiger partial charge in [-0.05, 0) is 65.1 Å². The first kappa shape index (κ1) is 37.1. The number of nitrogens with two attached hydrogens (primary N) is 2. The number of nitrogens with one attached hydrogen (secondary N) is 2. The Labute approximate surface area is 314 Å². The van der Waals surface area contributed by atoms with Gasteiger partial charge in [-0.15, -0.1) is 0 Å². The fourth-order valence-corrected chi connectivity index (χ4v) is 5.26. The van der Waals surface area contributed by atoms with E-state index in [9.17, 15) is 5.11 Å². The molecule has 6 aromatic rings. The quantitative estimate of drug-likeness (QED) is 0.0812. The number of rotatable bonds is 8. The number of halogens is 1. The van der Waals surface area contributed by atoms with Crippen LogP contribution in [0, 0.1) is 0 Å². The van der Waals surface area contributed by atoms with Gasteiger partial charge in [0.15, 0.2) is 23.0 Å². The van der Waals surface area contributed by atoms with Gasteiger partial charge < -0.3 is 61.3 Å². The number of phenolic OH excluding ortho intramolecular Hbond substituents is 2. The van der Waals surface area contributed by atoms with Crippen LogP contribution in [0.1, 0.15) is 11.1 Å². The fourth-order valence-electron chi connectivity index (χ4n) is 5.07. The van der Waals surface area contributed by atoms with Crippen molar-refractivity contribution in [3.05, 3.63) is 113 Å². The van der Waals surface area contributed by atoms with Crippen LogP contribution < -0.4 is 46.5 Å². The Hall–Kier alpha value is -6.69. The third-order valence-electron chi connectivity index (χ3n) is 7.59. The average Bonchev–Trinajstić information content (AvgIpc) is 3.82. The predicted octanol–water partition coefficient (Wildman–Crippen LogP) is 3.90. The van der Waals surface area contributed by atoms with Gasteiger partial charge in [0.05, 0.1) is 5.69 Å². The smallest absolute Gasteiger partial charge is 0.488 e. The van der Waals surface area contributed by atoms with Gasteiger partial charge in [-0.25, -0.2) is 9.97 Å². The summed E-state index contributed by atoms with van der Waals surface area (Å²) in [6.07, 6.45) is 0. The van der Waals surface area contributed by atoms with Gasteiger partial charge in [0.1, 0.15) is 28.3 Å². The lowest BCUT2D eigenvalue weighted by atomic mass is 9.80. The van der Waals surface area contributed by atoms with E-state index in [0.29, 0.717) is 41.0 Å². The molecule has 2 aliphatic heterocycles. The van der Waals surface area contributed by atoms with Crippen LogP contribution >= 0.6 is 11.6 Å². The number of anilines is 4. The fraction of sp³-hybridized carbons (Fsp3) is 0.111. The largest absolute Gasteiger partial charge is 0.508 e. The number of ether oxygens (including phenoxy) is 4. The Kier molecular flexibility index (Phi) is 11.8. The Bertz CT molecular complexity index is 2210. The number of hydrogen-bond donors (Lipinski definition) is 8. The minimum Gasteiger partial charge on any atom is -0.508 e. The molecule has 0 radical (unpaired) electrons. The van der Waals surface area contributed by atoms with Gasteiger partial charge in [-0.3, -0.25) is 0 Å². The molecule has 2 aromatic heterocycles. The molecule has 0 atom stereocenters. The number of benzene rings is 4. The van der Waals surface area contributed by atoms with Crippen molar-refractivity contribution in [2.45, 2.75) is 13.1 Å². The highest BCUT2D eigenvalue weighted by atomic mass is 35.5. The van der Waals surface area contributed by atoms with E-state index in [0.717, 1.165) is 39.7 Å². The molecule has 10 N–H and O–H groups in total. The zero-order valence-electron chi connectivity index (χ0n) is 28.4. The van der Waals surface area contributed by atoms with Crippen LogP contribution in [0.4, 0.5) is 23.5 Å². The van der Waals surface area contributed by atoms with Crippen molar-refractivity contribution < 1.29 is 39.2 Å². The van der Waals surface area contributed by atoms with Crippen molar-refractivity contribution in [1.29, 1.82) is 0 Å². The standard InChI is InChI=1S/C18H16N4O3.C12H11ClN4O2.C6H7BO3/c19-18-21-14(12-2-1-3-13(23)7-12)8-17(22-18)20-9-11-4-5-15-16(6-11)25-10-24-15;13-10-4-11(17-12(14)16-10)15-5-7-1-2-8-9(3-7)19-6-18-8;8-6-3-1-2-5(4-6)7(9)10/h1-8,23H,9-10H2,(H3,19,20,21,22);1-4H,5-6H2,(H3,14,15,16,17);1-4,8-10H. The summed E-state index contributed by atoms with van der Waals surface area (Å²) in [4.78, 5) is 16.3. The van der Waals surface area contributed by atoms with Crippen molar-refractivity contribution in [1.82, 2.24) is 19.9 Å². The molecule has 0 amide bonds. The van der Waals surface area contributed by atoms with Crippen LogP contribution in [0.3, 0.4) is 0 Å². The lowest BCUT2D eigenvalue weighted by Gasteiger charge is -2.09. The van der Waals surface area contributed by atoms with Gasteiger partial charge >= 0.3 is 7.12 Å². The molecule has 0 saturated heterocycles. The molecule has 0 unspecified atom stereocenters. The number of aromatic hydroxyl groups is 2. The van der Waals surface area contributed by atoms with Crippen LogP contribution in [0.15, 0.2) is 97.1 Å². The van der Waals surface area contributed by atoms with E-state index in [1.165, 1.54) is 18.2 Å². The summed E-state index contributed by atoms with van der Waals surface area (Å²) in [5, 5.41) is 42.3. The number of nitrogens with zero attached hydrogens (tertiary/aromatic N) is 4. The Morgan fingerprint density at radius 1 is 0.611 bits per heavy atom. The van der Waals surface area contributed by atoms with Crippen LogP contribution in [0.2, 0.25) is 5.15 Å². The molecule has 4 aromatic carbocycles. The number of fused-ring (bicyclic) bond motifs is 2. The van der Waals surface area contributed by atoms with E-state index in [1.807, 2.05) is 42.5 Å². The topological polar surface area (TPSA) is 245 Å². The highest BCUT2D eigenvalue weighted by Crippen LogP contribution is 2.34. The van der Waals surface area contributed by atoms with Gasteiger partial charge in [0, 0.05) is 30.8 Å². The van der Waals surface area contributed by atoms with Crippen molar-refractivity contribution in [3.8, 4) is 45.8 Å². The number of nitrogen functional groups attached to an aromatic ring is 2. The lowest BCUT2D eigenvalue weighted by molar-refractivity contribution is 0.173. The SMILES string of the molecule is Nc1nc(Cl)cc(NCc2ccc3c(c2)OCO3)n1.Nc1nc(NCc2ccc3c(c2)OCO3)cc(-c2cccc(O)c2)n1.OB(O)c1cccc(O)c1. The molecule has 16 nitrogen and oxygen atoms in total. The molecule has 276 valence electrons. The minimum absolute atomic E-state index is 0.0330. The van der Waals surface area contributed by atoms with Crippen molar-refractivity contribution in [2.75, 3.05) is 35.7 Å². The molecule has 2 aliphatic rings. The van der Waals surface area contributed by atoms with Crippen molar-refractivity contribution in [2.24, 2.45) is 0 Å². The van der Waals surface area contributed by atoms with Crippen LogP contribution in [0.5, 0.6) is 34.5 Å². The van der Waals surface area contributed by atoms with Gasteiger partial charge in [0.25, 0.3) is 0 Å². The second-order valence-electron chi connectivity index (χ2n) is 11.5. The van der Waals surface area contributed by atoms with Crippen LogP contribution in [0.25, 0.3) is 11.3 Å². The Morgan fingerprint density at radius 3 is 1.69 bits per heavy atom. The summed E-state index contributed by atoms with van der Waals surface area (Å²) in [5.74, 6) is 4.68. The van der Waals surface area contributed by atoms with E-state index in [2.05, 4.69) is 30.6 Å². The zero-order valence-corrected chi connectivity index (χ0v) is 29.1. The lowest BCUT2D eigenvalue weighted by Crippen LogP contribution is -2.29. The summed E-state index contributed by atoms with van der Waals surface area (Å²) >= 11 is 5.80. The number of hydrogen-bond acceptors (Lipinski definition) is 16. The molecular weight excluding hydrogens is 719 g/mol. The second kappa shape index (κ2) is 17.2. The molecular formula is C36H34BClN8O8. The molecule has 54 heavy (non-hydrogen) atoms. The van der Waals surface area contributed by atoms with E-state index < -0.39 is 7.12 Å². The molecule has 4 heterocycles. The number of phenols is 2. The first-order valence-corrected chi connectivity index (χ1v) is 16.6. The van der Waals surface area contributed by atoms with Gasteiger partial charge in [0.2, 0.25) is 25.5 Å². The van der Waals surface area contributed by atoms with Crippen molar-refractivity contribution >= 4 is 47.7 Å². The Morgan fingerprint density at radius 2 is 1.15 bits per heavy atom. The summed E-state index contributed by atoms with van der Waals surface area (Å²) in [5.41, 5.74) is 15.1. The third-order valence-corrected chi connectivity index (χ3v) is 7.78. The summed E-state index contributed by atoms with van der Waals surface area (Å²) < 4.78 is 21.2. The second-order valence-corrected chi connectivity index (χ2v) is 11.9. The summed E-state index contributed by atoms with van der Waals surface area (Å²) in [7, 11) is -1.51. The normalized spacial score (nSPS) is 11.8. The molecule has 18 heteroatoms. The maximum absolute atomic E-state index is 9.63. The number of aromatic nitrogens is 4. The maximum Gasteiger partial charge on any atom is 0.488 e. The molecule has 0 spiro atoms. The molecule has 0 saturated carbocycles. The van der Waals surface area contributed by atoms with E-state index in [1.54, 1.807) is 36.4 Å². The zero-order chi connectivity index (χ0) is 38.0. The molecule has 8 rings (SSSR count). The van der Waals surface area contributed by atoms with E-state index in [-0.39, 0.29) is 37.0 Å². The maximum atomic E-state index is 9.63. The monoisotopic (exact) mass is 752 g/mol. The van der Waals surface area contributed by atoms with Gasteiger partial charge in [-0.1, -0.05) is 48.0 Å². The van der Waals surface area contributed by atoms with E-state index in [4.69, 9.17) is 57.2 Å². The minimum atomic E-state index is -1.51. The highest BCUT2D eigenvalue weighted by Gasteiger charge is 2.15. The highest BCUT2D eigenvalue weighted by molar-refractivity contribution is 6.58. The Balaban J connectivity index is 0.000000151. The predicted molar refractivity (Wildman–Crippen MR) is 203 cm³/mol. The first-order chi connectivity index (χ1) is 26.1. The molecule has 0 aliphatic carbocycles. The summed E-state index contributed by atoms with van der Waals surface area (Å²) in [6.45, 7) is 1.64. The first-order valence-electron chi connectivity index (χ1n) is 16.2. The van der Waals surface area contributed by atoms with Gasteiger partial charge in [-0.2, -0.15) is 9.97 Å².